The van der Waals surface area contributed by atoms with Crippen molar-refractivity contribution in [1.82, 2.24) is 0 Å². The topological polar surface area (TPSA) is 9.23 Å². The third-order valence-electron chi connectivity index (χ3n) is 12.6. The minimum absolute atomic E-state index is 0.532. The Morgan fingerprint density at radius 1 is 0.327 bits per heavy atom. The summed E-state index contributed by atoms with van der Waals surface area (Å²) in [5.74, 6) is 1.80. The van der Waals surface area contributed by atoms with E-state index in [0.29, 0.717) is 0 Å². The molecule has 1 heterocycles. The molecule has 1 atom stereocenters. The van der Waals surface area contributed by atoms with Crippen LogP contribution in [0.15, 0.2) is 206 Å². The van der Waals surface area contributed by atoms with E-state index < -0.39 is 10.8 Å². The minimum Gasteiger partial charge on any atom is -0.457 e. The van der Waals surface area contributed by atoms with Crippen LogP contribution in [0, 0.1) is 0 Å². The Labute approximate surface area is 320 Å². The quantitative estimate of drug-likeness (QED) is 0.178. The maximum atomic E-state index is 6.91. The molecular formula is C54H34O. The molecule has 3 aliphatic rings. The van der Waals surface area contributed by atoms with Gasteiger partial charge in [-0.1, -0.05) is 188 Å². The van der Waals surface area contributed by atoms with Gasteiger partial charge in [0.05, 0.1) is 10.8 Å². The van der Waals surface area contributed by atoms with Gasteiger partial charge in [0.25, 0.3) is 0 Å². The lowest BCUT2D eigenvalue weighted by Gasteiger charge is -2.41. The van der Waals surface area contributed by atoms with Crippen molar-refractivity contribution in [2.24, 2.45) is 0 Å². The molecule has 0 aromatic heterocycles. The summed E-state index contributed by atoms with van der Waals surface area (Å²) in [5.41, 5.74) is 16.5. The molecule has 1 unspecified atom stereocenters. The lowest BCUT2D eigenvalue weighted by Crippen LogP contribution is -2.33. The fourth-order valence-electron chi connectivity index (χ4n) is 10.6. The summed E-state index contributed by atoms with van der Waals surface area (Å²) in [5, 5.41) is 2.54. The summed E-state index contributed by atoms with van der Waals surface area (Å²) < 4.78 is 6.91. The second-order valence-electron chi connectivity index (χ2n) is 15.1. The van der Waals surface area contributed by atoms with Gasteiger partial charge in [-0.15, -0.1) is 0 Å². The summed E-state index contributed by atoms with van der Waals surface area (Å²) in [7, 11) is 0. The highest BCUT2D eigenvalue weighted by molar-refractivity contribution is 6.04. The first kappa shape index (κ1) is 30.5. The Kier molecular flexibility index (Phi) is 6.25. The molecule has 0 fully saturated rings. The van der Waals surface area contributed by atoms with E-state index in [9.17, 15) is 0 Å². The summed E-state index contributed by atoms with van der Waals surface area (Å²) in [4.78, 5) is 0. The molecule has 1 spiro atoms. The molecule has 0 amide bonds. The van der Waals surface area contributed by atoms with Crippen LogP contribution in [0.1, 0.15) is 44.5 Å². The molecule has 256 valence electrons. The van der Waals surface area contributed by atoms with Crippen LogP contribution < -0.4 is 4.74 Å². The maximum Gasteiger partial charge on any atom is 0.132 e. The molecule has 9 aromatic rings. The lowest BCUT2D eigenvalue weighted by molar-refractivity contribution is 0.437. The highest BCUT2D eigenvalue weighted by Gasteiger charge is 2.52. The molecule has 0 saturated heterocycles. The summed E-state index contributed by atoms with van der Waals surface area (Å²) in [6, 6.07) is 76.2. The van der Waals surface area contributed by atoms with Crippen molar-refractivity contribution in [1.29, 1.82) is 0 Å². The van der Waals surface area contributed by atoms with Crippen molar-refractivity contribution in [2.45, 2.75) is 10.8 Å². The number of para-hydroxylation sites is 1. The first-order valence-corrected chi connectivity index (χ1v) is 19.2. The number of hydrogen-bond donors (Lipinski definition) is 0. The summed E-state index contributed by atoms with van der Waals surface area (Å²) in [6.45, 7) is 0. The van der Waals surface area contributed by atoms with Crippen LogP contribution in [0.3, 0.4) is 0 Å². The minimum atomic E-state index is -0.563. The van der Waals surface area contributed by atoms with Crippen LogP contribution in [0.2, 0.25) is 0 Å². The molecular weight excluding hydrogens is 665 g/mol. The van der Waals surface area contributed by atoms with E-state index in [1.165, 1.54) is 88.7 Å². The van der Waals surface area contributed by atoms with E-state index in [1.54, 1.807) is 0 Å². The summed E-state index contributed by atoms with van der Waals surface area (Å²) in [6.07, 6.45) is 0. The third-order valence-corrected chi connectivity index (χ3v) is 12.6. The Morgan fingerprint density at radius 2 is 0.891 bits per heavy atom. The van der Waals surface area contributed by atoms with Gasteiger partial charge in [-0.2, -0.15) is 0 Å². The monoisotopic (exact) mass is 698 g/mol. The number of hydrogen-bond acceptors (Lipinski definition) is 1. The second-order valence-corrected chi connectivity index (χ2v) is 15.1. The predicted molar refractivity (Wildman–Crippen MR) is 224 cm³/mol. The predicted octanol–water partition coefficient (Wildman–Crippen LogP) is 13.3. The highest BCUT2D eigenvalue weighted by Crippen LogP contribution is 2.64. The van der Waals surface area contributed by atoms with Crippen LogP contribution in [-0.4, -0.2) is 0 Å². The fraction of sp³-hybridized carbons (Fsp3) is 0.0370. The van der Waals surface area contributed by atoms with Crippen molar-refractivity contribution >= 4 is 10.8 Å². The van der Waals surface area contributed by atoms with Crippen LogP contribution in [0.4, 0.5) is 0 Å². The van der Waals surface area contributed by atoms with Gasteiger partial charge in [0.1, 0.15) is 11.5 Å². The molecule has 1 nitrogen and oxygen atoms in total. The first-order chi connectivity index (χ1) is 27.3. The van der Waals surface area contributed by atoms with Gasteiger partial charge in [0.2, 0.25) is 0 Å². The van der Waals surface area contributed by atoms with E-state index in [2.05, 4.69) is 206 Å². The first-order valence-electron chi connectivity index (χ1n) is 19.2. The van der Waals surface area contributed by atoms with Gasteiger partial charge >= 0.3 is 0 Å². The SMILES string of the molecule is c1ccc(C2(c3cccc(-c4cccc5c4C4(c6ccccc6O5)c5ccccc5-c5ccccc54)c3)c3ccccc3-c3c2ccc2ccccc32)cc1. The van der Waals surface area contributed by atoms with Crippen molar-refractivity contribution in [3.63, 3.8) is 0 Å². The summed E-state index contributed by atoms with van der Waals surface area (Å²) >= 11 is 0. The Hall–Kier alpha value is -6.96. The molecule has 0 N–H and O–H groups in total. The van der Waals surface area contributed by atoms with E-state index in [1.807, 2.05) is 0 Å². The number of fused-ring (bicyclic) bond motifs is 14. The molecule has 1 heteroatoms. The van der Waals surface area contributed by atoms with Crippen molar-refractivity contribution in [3.05, 3.63) is 251 Å². The zero-order valence-corrected chi connectivity index (χ0v) is 30.0. The van der Waals surface area contributed by atoms with Gasteiger partial charge < -0.3 is 4.74 Å². The van der Waals surface area contributed by atoms with Crippen LogP contribution in [-0.2, 0) is 10.8 Å². The van der Waals surface area contributed by atoms with Crippen LogP contribution in [0.5, 0.6) is 11.5 Å². The Balaban J connectivity index is 1.17. The van der Waals surface area contributed by atoms with Crippen molar-refractivity contribution in [3.8, 4) is 44.9 Å². The lowest BCUT2D eigenvalue weighted by atomic mass is 9.64. The Morgan fingerprint density at radius 3 is 1.67 bits per heavy atom. The van der Waals surface area contributed by atoms with Crippen molar-refractivity contribution in [2.75, 3.05) is 0 Å². The standard InChI is InChI=1S/C54H34O/c1-2-18-37(19-3-1)53(46-28-11-8-24-43(46)51-39-21-5-4-16-35(39)32-33-48(51)53)38-20-14-17-36(34-38)40-25-15-31-50-52(40)54(47-29-12-13-30-49(47)55-50)44-26-9-6-22-41(44)42-23-7-10-27-45(42)54/h1-34H. The fourth-order valence-corrected chi connectivity index (χ4v) is 10.6. The van der Waals surface area contributed by atoms with Gasteiger partial charge in [0.15, 0.2) is 0 Å². The third kappa shape index (κ3) is 3.87. The molecule has 12 rings (SSSR count). The van der Waals surface area contributed by atoms with Crippen molar-refractivity contribution < 1.29 is 4.74 Å². The Bertz CT molecular complexity index is 2980. The van der Waals surface area contributed by atoms with Crippen LogP contribution >= 0.6 is 0 Å². The molecule has 0 radical (unpaired) electrons. The van der Waals surface area contributed by atoms with Gasteiger partial charge in [-0.25, -0.2) is 0 Å². The number of rotatable bonds is 3. The average Bonchev–Trinajstić information content (AvgIpc) is 3.73. The number of benzene rings is 9. The second kappa shape index (κ2) is 11.3. The highest BCUT2D eigenvalue weighted by atomic mass is 16.5. The van der Waals surface area contributed by atoms with Gasteiger partial charge in [0, 0.05) is 11.1 Å². The van der Waals surface area contributed by atoms with E-state index in [0.717, 1.165) is 11.5 Å². The number of ether oxygens (including phenoxy) is 1. The smallest absolute Gasteiger partial charge is 0.132 e. The maximum absolute atomic E-state index is 6.91. The normalized spacial score (nSPS) is 16.4. The van der Waals surface area contributed by atoms with E-state index in [-0.39, 0.29) is 0 Å². The van der Waals surface area contributed by atoms with Gasteiger partial charge in [-0.3, -0.25) is 0 Å². The van der Waals surface area contributed by atoms with Gasteiger partial charge in [-0.05, 0) is 95.7 Å². The molecule has 1 aliphatic heterocycles. The average molecular weight is 699 g/mol. The molecule has 9 aromatic carbocycles. The zero-order valence-electron chi connectivity index (χ0n) is 30.0. The molecule has 55 heavy (non-hydrogen) atoms. The zero-order chi connectivity index (χ0) is 36.1. The molecule has 0 bridgehead atoms. The molecule has 0 saturated carbocycles. The largest absolute Gasteiger partial charge is 0.457 e. The van der Waals surface area contributed by atoms with Crippen LogP contribution in [0.25, 0.3) is 44.2 Å². The van der Waals surface area contributed by atoms with E-state index >= 15 is 0 Å². The molecule has 2 aliphatic carbocycles. The van der Waals surface area contributed by atoms with E-state index in [4.69, 9.17) is 4.74 Å².